The first kappa shape index (κ1) is 18.2. The third kappa shape index (κ3) is 4.33. The molecular formula is C20H19N3O4. The number of nitrogens with two attached hydrogens (primary N) is 1. The maximum Gasteiger partial charge on any atom is 0.255 e. The van der Waals surface area contributed by atoms with Crippen LogP contribution >= 0.6 is 0 Å². The highest BCUT2D eigenvalue weighted by Crippen LogP contribution is 2.19. The highest BCUT2D eigenvalue weighted by atomic mass is 16.5. The average Bonchev–Trinajstić information content (AvgIpc) is 2.98. The molecule has 0 aliphatic carbocycles. The van der Waals surface area contributed by atoms with Gasteiger partial charge in [-0.05, 0) is 56.3 Å². The van der Waals surface area contributed by atoms with Gasteiger partial charge in [0.15, 0.2) is 0 Å². The maximum atomic E-state index is 12.4. The first-order chi connectivity index (χ1) is 12.9. The number of primary amides is 1. The van der Waals surface area contributed by atoms with Crippen molar-refractivity contribution in [3.05, 3.63) is 76.7 Å². The first-order valence-electron chi connectivity index (χ1n) is 8.30. The van der Waals surface area contributed by atoms with Gasteiger partial charge in [-0.2, -0.15) is 0 Å². The summed E-state index contributed by atoms with van der Waals surface area (Å²) >= 11 is 0. The Balaban J connectivity index is 1.67. The summed E-state index contributed by atoms with van der Waals surface area (Å²) in [5, 5.41) is 6.66. The lowest BCUT2D eigenvalue weighted by atomic mass is 10.1. The van der Waals surface area contributed by atoms with Gasteiger partial charge in [0.05, 0.1) is 11.3 Å². The van der Waals surface area contributed by atoms with Crippen LogP contribution in [0.3, 0.4) is 0 Å². The standard InChI is InChI=1S/C20H19N3O4/c1-12-18(13(2)27-23-12)11-26-17-5-3-4-15(10-17)20(25)22-16-8-6-14(7-9-16)19(21)24/h3-10H,11H2,1-2H3,(H2,21,24)(H,22,25). The van der Waals surface area contributed by atoms with Crippen LogP contribution in [-0.4, -0.2) is 17.0 Å². The van der Waals surface area contributed by atoms with Crippen molar-refractivity contribution >= 4 is 17.5 Å². The highest BCUT2D eigenvalue weighted by Gasteiger charge is 2.11. The van der Waals surface area contributed by atoms with E-state index < -0.39 is 5.91 Å². The molecule has 3 N–H and O–H groups in total. The summed E-state index contributed by atoms with van der Waals surface area (Å²) in [6.45, 7) is 3.98. The summed E-state index contributed by atoms with van der Waals surface area (Å²) in [4.78, 5) is 23.5. The summed E-state index contributed by atoms with van der Waals surface area (Å²) in [7, 11) is 0. The summed E-state index contributed by atoms with van der Waals surface area (Å²) in [5.74, 6) is 0.466. The highest BCUT2D eigenvalue weighted by molar-refractivity contribution is 6.04. The molecule has 0 saturated carbocycles. The number of aryl methyl sites for hydroxylation is 2. The molecule has 0 spiro atoms. The average molecular weight is 365 g/mol. The van der Waals surface area contributed by atoms with E-state index in [2.05, 4.69) is 10.5 Å². The number of hydrogen-bond donors (Lipinski definition) is 2. The number of ether oxygens (including phenoxy) is 1. The lowest BCUT2D eigenvalue weighted by Crippen LogP contribution is -2.13. The molecule has 0 unspecified atom stereocenters. The van der Waals surface area contributed by atoms with Crippen molar-refractivity contribution in [1.82, 2.24) is 5.16 Å². The molecule has 7 heteroatoms. The molecule has 0 atom stereocenters. The second-order valence-corrected chi connectivity index (χ2v) is 6.01. The van der Waals surface area contributed by atoms with E-state index in [1.165, 1.54) is 0 Å². The van der Waals surface area contributed by atoms with Gasteiger partial charge in [-0.1, -0.05) is 11.2 Å². The fraction of sp³-hybridized carbons (Fsp3) is 0.150. The zero-order valence-electron chi connectivity index (χ0n) is 15.0. The quantitative estimate of drug-likeness (QED) is 0.697. The number of nitrogens with zero attached hydrogens (tertiary/aromatic N) is 1. The predicted molar refractivity (Wildman–Crippen MR) is 99.7 cm³/mol. The Bertz CT molecular complexity index is 958. The fourth-order valence-corrected chi connectivity index (χ4v) is 2.51. The van der Waals surface area contributed by atoms with Gasteiger partial charge in [-0.15, -0.1) is 0 Å². The Kier molecular flexibility index (Phi) is 5.21. The van der Waals surface area contributed by atoms with E-state index >= 15 is 0 Å². The van der Waals surface area contributed by atoms with Crippen molar-refractivity contribution in [2.75, 3.05) is 5.32 Å². The molecule has 1 aromatic heterocycles. The van der Waals surface area contributed by atoms with Crippen LogP contribution < -0.4 is 15.8 Å². The Morgan fingerprint density at radius 3 is 2.48 bits per heavy atom. The number of anilines is 1. The predicted octanol–water partition coefficient (Wildman–Crippen LogP) is 3.22. The molecule has 3 rings (SSSR count). The SMILES string of the molecule is Cc1noc(C)c1COc1cccc(C(=O)Nc2ccc(C(N)=O)cc2)c1. The smallest absolute Gasteiger partial charge is 0.255 e. The van der Waals surface area contributed by atoms with Gasteiger partial charge in [-0.25, -0.2) is 0 Å². The number of amides is 2. The van der Waals surface area contributed by atoms with E-state index in [1.807, 2.05) is 13.8 Å². The zero-order valence-corrected chi connectivity index (χ0v) is 15.0. The number of rotatable bonds is 6. The minimum absolute atomic E-state index is 0.287. The number of benzene rings is 2. The molecular weight excluding hydrogens is 346 g/mol. The Morgan fingerprint density at radius 2 is 1.85 bits per heavy atom. The van der Waals surface area contributed by atoms with Crippen molar-refractivity contribution in [3.63, 3.8) is 0 Å². The van der Waals surface area contributed by atoms with Gasteiger partial charge in [0, 0.05) is 16.8 Å². The van der Waals surface area contributed by atoms with Gasteiger partial charge in [0.1, 0.15) is 18.1 Å². The molecule has 3 aromatic rings. The summed E-state index contributed by atoms with van der Waals surface area (Å²) < 4.78 is 10.9. The van der Waals surface area contributed by atoms with E-state index in [1.54, 1.807) is 48.5 Å². The monoisotopic (exact) mass is 365 g/mol. The molecule has 2 aromatic carbocycles. The van der Waals surface area contributed by atoms with Gasteiger partial charge in [-0.3, -0.25) is 9.59 Å². The number of carbonyl (C=O) groups is 2. The Hall–Kier alpha value is -3.61. The lowest BCUT2D eigenvalue weighted by Gasteiger charge is -2.09. The molecule has 0 bridgehead atoms. The molecule has 1 heterocycles. The van der Waals surface area contributed by atoms with Crippen molar-refractivity contribution in [1.29, 1.82) is 0 Å². The number of carbonyl (C=O) groups excluding carboxylic acids is 2. The number of nitrogens with one attached hydrogen (secondary N) is 1. The van der Waals surface area contributed by atoms with E-state index in [0.717, 1.165) is 11.3 Å². The van der Waals surface area contributed by atoms with Gasteiger partial charge in [0.25, 0.3) is 5.91 Å². The van der Waals surface area contributed by atoms with Crippen molar-refractivity contribution in [2.24, 2.45) is 5.73 Å². The summed E-state index contributed by atoms with van der Waals surface area (Å²) in [6, 6.07) is 13.2. The van der Waals surface area contributed by atoms with E-state index in [0.29, 0.717) is 34.9 Å². The molecule has 7 nitrogen and oxygen atoms in total. The molecule has 2 amide bonds. The van der Waals surface area contributed by atoms with E-state index in [-0.39, 0.29) is 5.91 Å². The van der Waals surface area contributed by atoms with Crippen LogP contribution in [0.1, 0.15) is 37.7 Å². The van der Waals surface area contributed by atoms with Crippen LogP contribution in [-0.2, 0) is 6.61 Å². The summed E-state index contributed by atoms with van der Waals surface area (Å²) in [5.41, 5.74) is 8.26. The van der Waals surface area contributed by atoms with E-state index in [9.17, 15) is 9.59 Å². The van der Waals surface area contributed by atoms with E-state index in [4.69, 9.17) is 15.0 Å². The first-order valence-corrected chi connectivity index (χ1v) is 8.30. The Morgan fingerprint density at radius 1 is 1.11 bits per heavy atom. The second kappa shape index (κ2) is 7.74. The van der Waals surface area contributed by atoms with Crippen LogP contribution in [0, 0.1) is 13.8 Å². The van der Waals surface area contributed by atoms with Gasteiger partial charge < -0.3 is 20.3 Å². The largest absolute Gasteiger partial charge is 0.489 e. The van der Waals surface area contributed by atoms with Gasteiger partial charge >= 0.3 is 0 Å². The van der Waals surface area contributed by atoms with Crippen molar-refractivity contribution in [3.8, 4) is 5.75 Å². The molecule has 0 radical (unpaired) electrons. The lowest BCUT2D eigenvalue weighted by molar-refractivity contribution is 0.0998. The fourth-order valence-electron chi connectivity index (χ4n) is 2.51. The molecule has 138 valence electrons. The molecule has 0 saturated heterocycles. The molecule has 0 fully saturated rings. The van der Waals surface area contributed by atoms with Crippen LogP contribution in [0.15, 0.2) is 53.1 Å². The maximum absolute atomic E-state index is 12.4. The third-order valence-electron chi connectivity index (χ3n) is 4.09. The van der Waals surface area contributed by atoms with Crippen LogP contribution in [0.5, 0.6) is 5.75 Å². The molecule has 0 aliphatic rings. The topological polar surface area (TPSA) is 107 Å². The third-order valence-corrected chi connectivity index (χ3v) is 4.09. The van der Waals surface area contributed by atoms with Crippen LogP contribution in [0.25, 0.3) is 0 Å². The molecule has 27 heavy (non-hydrogen) atoms. The Labute approximate surface area is 156 Å². The molecule has 0 aliphatic heterocycles. The van der Waals surface area contributed by atoms with Crippen LogP contribution in [0.2, 0.25) is 0 Å². The minimum Gasteiger partial charge on any atom is -0.489 e. The van der Waals surface area contributed by atoms with Crippen molar-refractivity contribution in [2.45, 2.75) is 20.5 Å². The number of hydrogen-bond acceptors (Lipinski definition) is 5. The normalized spacial score (nSPS) is 10.4. The number of aromatic nitrogens is 1. The van der Waals surface area contributed by atoms with Crippen LogP contribution in [0.4, 0.5) is 5.69 Å². The van der Waals surface area contributed by atoms with Crippen molar-refractivity contribution < 1.29 is 18.8 Å². The zero-order chi connectivity index (χ0) is 19.4. The minimum atomic E-state index is -0.518. The summed E-state index contributed by atoms with van der Waals surface area (Å²) in [6.07, 6.45) is 0. The van der Waals surface area contributed by atoms with Gasteiger partial charge in [0.2, 0.25) is 5.91 Å². The second-order valence-electron chi connectivity index (χ2n) is 6.01.